The van der Waals surface area contributed by atoms with Gasteiger partial charge >= 0.3 is 5.97 Å². The second-order valence-electron chi connectivity index (χ2n) is 3.45. The number of nitrogens with one attached hydrogen (secondary N) is 1. The lowest BCUT2D eigenvalue weighted by Crippen LogP contribution is -2.18. The second-order valence-corrected chi connectivity index (χ2v) is 3.45. The van der Waals surface area contributed by atoms with Gasteiger partial charge in [0.05, 0.1) is 5.69 Å². The molecule has 0 atom stereocenters. The molecule has 0 radical (unpaired) electrons. The van der Waals surface area contributed by atoms with E-state index in [0.717, 1.165) is 0 Å². The minimum atomic E-state index is -1.26. The molecule has 0 saturated carbocycles. The van der Waals surface area contributed by atoms with Crippen molar-refractivity contribution < 1.29 is 9.90 Å². The van der Waals surface area contributed by atoms with E-state index < -0.39 is 11.5 Å². The standard InChI is InChI=1S/C11H9N3O3/c1-6-7(9-2-3-12-5-13-9)4-8(11(16)17)10(15)14-6/h2-5H,1H3,(H,14,15)(H,16,17). The molecule has 6 heteroatoms. The lowest BCUT2D eigenvalue weighted by atomic mass is 10.1. The topological polar surface area (TPSA) is 95.9 Å². The maximum absolute atomic E-state index is 11.4. The van der Waals surface area contributed by atoms with Crippen LogP contribution in [0.1, 0.15) is 16.1 Å². The van der Waals surface area contributed by atoms with E-state index in [9.17, 15) is 9.59 Å². The maximum Gasteiger partial charge on any atom is 0.341 e. The Kier molecular flexibility index (Phi) is 2.70. The SMILES string of the molecule is Cc1[nH]c(=O)c(C(=O)O)cc1-c1ccncn1. The van der Waals surface area contributed by atoms with Gasteiger partial charge in [0, 0.05) is 17.5 Å². The Balaban J connectivity index is 2.67. The summed E-state index contributed by atoms with van der Waals surface area (Å²) in [7, 11) is 0. The fraction of sp³-hybridized carbons (Fsp3) is 0.0909. The Labute approximate surface area is 96.0 Å². The molecule has 2 rings (SSSR count). The Morgan fingerprint density at radius 3 is 2.82 bits per heavy atom. The first-order chi connectivity index (χ1) is 8.09. The van der Waals surface area contributed by atoms with E-state index in [-0.39, 0.29) is 5.56 Å². The van der Waals surface area contributed by atoms with Crippen LogP contribution in [-0.2, 0) is 0 Å². The quantitative estimate of drug-likeness (QED) is 0.798. The highest BCUT2D eigenvalue weighted by atomic mass is 16.4. The number of hydrogen-bond acceptors (Lipinski definition) is 4. The van der Waals surface area contributed by atoms with Crippen LogP contribution >= 0.6 is 0 Å². The molecule has 0 bridgehead atoms. The third-order valence-corrected chi connectivity index (χ3v) is 2.33. The van der Waals surface area contributed by atoms with Gasteiger partial charge in [0.15, 0.2) is 0 Å². The predicted molar refractivity (Wildman–Crippen MR) is 59.8 cm³/mol. The van der Waals surface area contributed by atoms with Crippen LogP contribution in [0.25, 0.3) is 11.3 Å². The summed E-state index contributed by atoms with van der Waals surface area (Å²) in [5.41, 5.74) is 0.788. The summed E-state index contributed by atoms with van der Waals surface area (Å²) >= 11 is 0. The highest BCUT2D eigenvalue weighted by Crippen LogP contribution is 2.18. The molecule has 2 heterocycles. The molecule has 0 spiro atoms. The van der Waals surface area contributed by atoms with Crippen molar-refractivity contribution in [2.45, 2.75) is 6.92 Å². The lowest BCUT2D eigenvalue weighted by molar-refractivity contribution is 0.0695. The molecule has 2 N–H and O–H groups in total. The number of carboxylic acid groups (broad SMARTS) is 1. The zero-order valence-electron chi connectivity index (χ0n) is 8.97. The third kappa shape index (κ3) is 2.05. The van der Waals surface area contributed by atoms with Gasteiger partial charge in [-0.05, 0) is 19.1 Å². The fourth-order valence-corrected chi connectivity index (χ4v) is 1.50. The first kappa shape index (κ1) is 11.0. The molecule has 0 fully saturated rings. The average molecular weight is 231 g/mol. The summed E-state index contributed by atoms with van der Waals surface area (Å²) in [6, 6.07) is 2.96. The van der Waals surface area contributed by atoms with E-state index in [2.05, 4.69) is 15.0 Å². The normalized spacial score (nSPS) is 10.2. The van der Waals surface area contributed by atoms with Crippen LogP contribution in [0.4, 0.5) is 0 Å². The average Bonchev–Trinajstić information content (AvgIpc) is 2.29. The lowest BCUT2D eigenvalue weighted by Gasteiger charge is -2.05. The van der Waals surface area contributed by atoms with Crippen LogP contribution < -0.4 is 5.56 Å². The Morgan fingerprint density at radius 1 is 1.47 bits per heavy atom. The zero-order chi connectivity index (χ0) is 12.4. The highest BCUT2D eigenvalue weighted by molar-refractivity contribution is 5.88. The highest BCUT2D eigenvalue weighted by Gasteiger charge is 2.13. The third-order valence-electron chi connectivity index (χ3n) is 2.33. The Hall–Kier alpha value is -2.50. The summed E-state index contributed by atoms with van der Waals surface area (Å²) < 4.78 is 0. The van der Waals surface area contributed by atoms with Crippen molar-refractivity contribution in [1.29, 1.82) is 0 Å². The monoisotopic (exact) mass is 231 g/mol. The van der Waals surface area contributed by atoms with Crippen LogP contribution in [0.3, 0.4) is 0 Å². The molecule has 0 aliphatic heterocycles. The van der Waals surface area contributed by atoms with Crippen LogP contribution in [0.15, 0.2) is 29.5 Å². The van der Waals surface area contributed by atoms with E-state index in [1.165, 1.54) is 12.4 Å². The van der Waals surface area contributed by atoms with Gasteiger partial charge in [0.25, 0.3) is 5.56 Å². The van der Waals surface area contributed by atoms with Crippen LogP contribution in [0.2, 0.25) is 0 Å². The number of hydrogen-bond donors (Lipinski definition) is 2. The van der Waals surface area contributed by atoms with Gasteiger partial charge < -0.3 is 10.1 Å². The van der Waals surface area contributed by atoms with Gasteiger partial charge in [-0.15, -0.1) is 0 Å². The molecule has 0 aliphatic carbocycles. The van der Waals surface area contributed by atoms with Crippen molar-refractivity contribution in [3.63, 3.8) is 0 Å². The van der Waals surface area contributed by atoms with Crippen LogP contribution in [-0.4, -0.2) is 26.0 Å². The van der Waals surface area contributed by atoms with Gasteiger partial charge in [-0.25, -0.2) is 14.8 Å². The van der Waals surface area contributed by atoms with E-state index in [1.54, 1.807) is 19.2 Å². The molecule has 2 aromatic heterocycles. The molecule has 0 unspecified atom stereocenters. The number of H-pyrrole nitrogens is 1. The van der Waals surface area contributed by atoms with Crippen molar-refractivity contribution in [2.24, 2.45) is 0 Å². The van der Waals surface area contributed by atoms with Gasteiger partial charge in [-0.1, -0.05) is 0 Å². The van der Waals surface area contributed by atoms with Gasteiger partial charge in [-0.3, -0.25) is 4.79 Å². The number of aromatic amines is 1. The summed E-state index contributed by atoms with van der Waals surface area (Å²) in [6.07, 6.45) is 2.91. The molecular weight excluding hydrogens is 222 g/mol. The summed E-state index contributed by atoms with van der Waals surface area (Å²) in [5.74, 6) is -1.26. The minimum Gasteiger partial charge on any atom is -0.477 e. The predicted octanol–water partition coefficient (Wildman–Crippen LogP) is 0.839. The molecule has 0 saturated heterocycles. The minimum absolute atomic E-state index is 0.302. The number of aromatic carboxylic acids is 1. The summed E-state index contributed by atoms with van der Waals surface area (Å²) in [6.45, 7) is 1.68. The smallest absolute Gasteiger partial charge is 0.341 e. The van der Waals surface area contributed by atoms with Crippen molar-refractivity contribution >= 4 is 5.97 Å². The Bertz CT molecular complexity index is 620. The van der Waals surface area contributed by atoms with Crippen molar-refractivity contribution in [3.8, 4) is 11.3 Å². The van der Waals surface area contributed by atoms with E-state index in [1.807, 2.05) is 0 Å². The number of pyridine rings is 1. The zero-order valence-corrected chi connectivity index (χ0v) is 8.97. The van der Waals surface area contributed by atoms with Gasteiger partial charge in [-0.2, -0.15) is 0 Å². The Morgan fingerprint density at radius 2 is 2.24 bits per heavy atom. The van der Waals surface area contributed by atoms with Crippen molar-refractivity contribution in [2.75, 3.05) is 0 Å². The molecule has 6 nitrogen and oxygen atoms in total. The molecular formula is C11H9N3O3. The molecule has 17 heavy (non-hydrogen) atoms. The molecule has 2 aromatic rings. The van der Waals surface area contributed by atoms with Crippen LogP contribution in [0.5, 0.6) is 0 Å². The van der Waals surface area contributed by atoms with Crippen molar-refractivity contribution in [1.82, 2.24) is 15.0 Å². The van der Waals surface area contributed by atoms with Crippen LogP contribution in [0, 0.1) is 6.92 Å². The number of carbonyl (C=O) groups is 1. The van der Waals surface area contributed by atoms with Gasteiger partial charge in [0.1, 0.15) is 11.9 Å². The molecule has 0 amide bonds. The number of rotatable bonds is 2. The molecule has 0 aromatic carbocycles. The fourth-order valence-electron chi connectivity index (χ4n) is 1.50. The van der Waals surface area contributed by atoms with E-state index in [0.29, 0.717) is 17.0 Å². The first-order valence-electron chi connectivity index (χ1n) is 4.83. The summed E-state index contributed by atoms with van der Waals surface area (Å²) in [5, 5.41) is 8.88. The van der Waals surface area contributed by atoms with Crippen molar-refractivity contribution in [3.05, 3.63) is 46.3 Å². The number of aromatic nitrogens is 3. The molecule has 86 valence electrons. The summed E-state index contributed by atoms with van der Waals surface area (Å²) in [4.78, 5) is 32.5. The number of aryl methyl sites for hydroxylation is 1. The maximum atomic E-state index is 11.4. The number of carboxylic acids is 1. The van der Waals surface area contributed by atoms with E-state index in [4.69, 9.17) is 5.11 Å². The van der Waals surface area contributed by atoms with Gasteiger partial charge in [0.2, 0.25) is 0 Å². The first-order valence-corrected chi connectivity index (χ1v) is 4.83. The largest absolute Gasteiger partial charge is 0.477 e. The number of nitrogens with zero attached hydrogens (tertiary/aromatic N) is 2. The second kappa shape index (κ2) is 4.17. The molecule has 0 aliphatic rings. The van der Waals surface area contributed by atoms with E-state index >= 15 is 0 Å².